The van der Waals surface area contributed by atoms with Crippen molar-refractivity contribution in [2.75, 3.05) is 33.8 Å². The Balaban J connectivity index is 2.09. The number of piperidine rings is 1. The molecule has 1 aromatic carbocycles. The van der Waals surface area contributed by atoms with Crippen molar-refractivity contribution < 1.29 is 17.9 Å². The Bertz CT molecular complexity index is 637. The molecule has 0 amide bonds. The Labute approximate surface area is 137 Å². The van der Waals surface area contributed by atoms with E-state index in [4.69, 9.17) is 0 Å². The molecule has 7 heteroatoms. The summed E-state index contributed by atoms with van der Waals surface area (Å²) in [6, 6.07) is 6.02. The number of ether oxygens (including phenoxy) is 1. The second kappa shape index (κ2) is 7.90. The molecule has 1 N–H and O–H groups in total. The van der Waals surface area contributed by atoms with Crippen LogP contribution in [0.1, 0.15) is 29.6 Å². The molecule has 0 saturated carbocycles. The number of sulfonamides is 1. The van der Waals surface area contributed by atoms with Gasteiger partial charge in [-0.05, 0) is 57.0 Å². The Kier molecular flexibility index (Phi) is 6.15. The van der Waals surface area contributed by atoms with Crippen LogP contribution in [-0.2, 0) is 14.8 Å². The van der Waals surface area contributed by atoms with E-state index in [0.29, 0.717) is 19.0 Å². The van der Waals surface area contributed by atoms with Crippen LogP contribution in [0.5, 0.6) is 0 Å². The molecule has 0 unspecified atom stereocenters. The first-order chi connectivity index (χ1) is 11.0. The van der Waals surface area contributed by atoms with Gasteiger partial charge >= 0.3 is 5.97 Å². The number of carbonyl (C=O) groups is 1. The van der Waals surface area contributed by atoms with Crippen LogP contribution in [0.2, 0.25) is 0 Å². The van der Waals surface area contributed by atoms with Crippen LogP contribution >= 0.6 is 0 Å². The van der Waals surface area contributed by atoms with E-state index in [1.54, 1.807) is 12.1 Å². The van der Waals surface area contributed by atoms with Crippen LogP contribution in [0.3, 0.4) is 0 Å². The third-order valence-electron chi connectivity index (χ3n) is 4.27. The molecule has 1 fully saturated rings. The molecule has 1 aliphatic heterocycles. The van der Waals surface area contributed by atoms with E-state index in [1.807, 2.05) is 7.05 Å². The molecular weight excluding hydrogens is 316 g/mol. The predicted octanol–water partition coefficient (Wildman–Crippen LogP) is 1.48. The third-order valence-corrected chi connectivity index (χ3v) is 6.16. The van der Waals surface area contributed by atoms with Crippen LogP contribution in [0.15, 0.2) is 29.2 Å². The topological polar surface area (TPSA) is 75.7 Å². The van der Waals surface area contributed by atoms with E-state index in [-0.39, 0.29) is 10.5 Å². The maximum atomic E-state index is 12.7. The van der Waals surface area contributed by atoms with Gasteiger partial charge < -0.3 is 10.1 Å². The fourth-order valence-electron chi connectivity index (χ4n) is 2.84. The Morgan fingerprint density at radius 2 is 2.04 bits per heavy atom. The molecule has 0 radical (unpaired) electrons. The summed E-state index contributed by atoms with van der Waals surface area (Å²) in [6.07, 6.45) is 2.82. The summed E-state index contributed by atoms with van der Waals surface area (Å²) in [4.78, 5) is 11.7. The minimum absolute atomic E-state index is 0.147. The number of nitrogens with zero attached hydrogens (tertiary/aromatic N) is 1. The predicted molar refractivity (Wildman–Crippen MR) is 87.8 cm³/mol. The van der Waals surface area contributed by atoms with Crippen molar-refractivity contribution in [2.24, 2.45) is 5.92 Å². The van der Waals surface area contributed by atoms with Gasteiger partial charge in [0.15, 0.2) is 0 Å². The summed E-state index contributed by atoms with van der Waals surface area (Å²) < 4.78 is 31.6. The van der Waals surface area contributed by atoms with Crippen LogP contribution in [-0.4, -0.2) is 52.5 Å². The number of hydrogen-bond acceptors (Lipinski definition) is 5. The normalized spacial score (nSPS) is 17.1. The van der Waals surface area contributed by atoms with E-state index in [0.717, 1.165) is 25.8 Å². The zero-order valence-corrected chi connectivity index (χ0v) is 14.4. The molecule has 1 aliphatic rings. The van der Waals surface area contributed by atoms with Crippen LogP contribution in [0.25, 0.3) is 0 Å². The Hall–Kier alpha value is -1.44. The number of nitrogens with one attached hydrogen (secondary N) is 1. The molecule has 1 saturated heterocycles. The monoisotopic (exact) mass is 340 g/mol. The average Bonchev–Trinajstić information content (AvgIpc) is 2.59. The van der Waals surface area contributed by atoms with Crippen LogP contribution in [0.4, 0.5) is 0 Å². The molecule has 0 spiro atoms. The van der Waals surface area contributed by atoms with Crippen LogP contribution < -0.4 is 5.32 Å². The summed E-state index contributed by atoms with van der Waals surface area (Å²) in [5.41, 5.74) is 0.248. The van der Waals surface area contributed by atoms with Crippen molar-refractivity contribution in [3.05, 3.63) is 29.8 Å². The van der Waals surface area contributed by atoms with Gasteiger partial charge in [0.25, 0.3) is 0 Å². The molecular formula is C16H24N2O4S. The smallest absolute Gasteiger partial charge is 0.337 e. The Morgan fingerprint density at radius 3 is 2.65 bits per heavy atom. The quantitative estimate of drug-likeness (QED) is 0.794. The highest BCUT2D eigenvalue weighted by atomic mass is 32.2. The molecule has 2 rings (SSSR count). The number of benzene rings is 1. The lowest BCUT2D eigenvalue weighted by atomic mass is 9.95. The first kappa shape index (κ1) is 17.9. The number of rotatable bonds is 6. The zero-order chi connectivity index (χ0) is 16.9. The lowest BCUT2D eigenvalue weighted by Gasteiger charge is -2.31. The maximum Gasteiger partial charge on any atom is 0.337 e. The standard InChI is InChI=1S/C16H24N2O4S/c1-17-9-6-13-7-10-18(11-8-13)23(20,21)15-5-3-4-14(12-15)16(19)22-2/h3-5,12-13,17H,6-11H2,1-2H3. The fourth-order valence-corrected chi connectivity index (χ4v) is 4.35. The highest BCUT2D eigenvalue weighted by Gasteiger charge is 2.29. The largest absolute Gasteiger partial charge is 0.465 e. The van der Waals surface area contributed by atoms with Crippen LogP contribution in [0, 0.1) is 5.92 Å². The average molecular weight is 340 g/mol. The van der Waals surface area contributed by atoms with Gasteiger partial charge in [-0.3, -0.25) is 0 Å². The van der Waals surface area contributed by atoms with Gasteiger partial charge in [-0.25, -0.2) is 13.2 Å². The molecule has 0 bridgehead atoms. The van der Waals surface area contributed by atoms with Crippen molar-refractivity contribution in [1.29, 1.82) is 0 Å². The van der Waals surface area contributed by atoms with Gasteiger partial charge in [-0.2, -0.15) is 4.31 Å². The number of carbonyl (C=O) groups excluding carboxylic acids is 1. The van der Waals surface area contributed by atoms with Crippen molar-refractivity contribution in [3.8, 4) is 0 Å². The van der Waals surface area contributed by atoms with E-state index in [9.17, 15) is 13.2 Å². The lowest BCUT2D eigenvalue weighted by Crippen LogP contribution is -2.39. The minimum atomic E-state index is -3.56. The molecule has 6 nitrogen and oxygen atoms in total. The molecule has 1 heterocycles. The fraction of sp³-hybridized carbons (Fsp3) is 0.562. The Morgan fingerprint density at radius 1 is 1.35 bits per heavy atom. The first-order valence-electron chi connectivity index (χ1n) is 7.82. The summed E-state index contributed by atoms with van der Waals surface area (Å²) in [5, 5.41) is 3.13. The van der Waals surface area contributed by atoms with Gasteiger partial charge in [-0.1, -0.05) is 6.07 Å². The number of esters is 1. The van der Waals surface area contributed by atoms with Gasteiger partial charge in [-0.15, -0.1) is 0 Å². The summed E-state index contributed by atoms with van der Waals surface area (Å²) in [7, 11) is -0.359. The van der Waals surface area contributed by atoms with Gasteiger partial charge in [0.05, 0.1) is 17.6 Å². The molecule has 1 aromatic rings. The molecule has 0 aliphatic carbocycles. The third kappa shape index (κ3) is 4.31. The summed E-state index contributed by atoms with van der Waals surface area (Å²) in [5.74, 6) is 0.0307. The van der Waals surface area contributed by atoms with E-state index in [1.165, 1.54) is 23.5 Å². The van der Waals surface area contributed by atoms with Crippen molar-refractivity contribution in [2.45, 2.75) is 24.2 Å². The SMILES string of the molecule is CNCCC1CCN(S(=O)(=O)c2cccc(C(=O)OC)c2)CC1. The minimum Gasteiger partial charge on any atom is -0.465 e. The van der Waals surface area contributed by atoms with E-state index < -0.39 is 16.0 Å². The number of methoxy groups -OCH3 is 1. The zero-order valence-electron chi connectivity index (χ0n) is 13.6. The van der Waals surface area contributed by atoms with Gasteiger partial charge in [0.1, 0.15) is 0 Å². The van der Waals surface area contributed by atoms with E-state index in [2.05, 4.69) is 10.1 Å². The molecule has 128 valence electrons. The maximum absolute atomic E-state index is 12.7. The van der Waals surface area contributed by atoms with Crippen molar-refractivity contribution in [3.63, 3.8) is 0 Å². The molecule has 23 heavy (non-hydrogen) atoms. The summed E-state index contributed by atoms with van der Waals surface area (Å²) in [6.45, 7) is 2.01. The van der Waals surface area contributed by atoms with E-state index >= 15 is 0 Å². The second-order valence-corrected chi connectivity index (χ2v) is 7.70. The van der Waals surface area contributed by atoms with Gasteiger partial charge in [0.2, 0.25) is 10.0 Å². The lowest BCUT2D eigenvalue weighted by molar-refractivity contribution is 0.0600. The second-order valence-electron chi connectivity index (χ2n) is 5.76. The number of hydrogen-bond donors (Lipinski definition) is 1. The van der Waals surface area contributed by atoms with Gasteiger partial charge in [0, 0.05) is 13.1 Å². The highest BCUT2D eigenvalue weighted by molar-refractivity contribution is 7.89. The first-order valence-corrected chi connectivity index (χ1v) is 9.26. The molecule has 0 atom stereocenters. The van der Waals surface area contributed by atoms with Crippen molar-refractivity contribution >= 4 is 16.0 Å². The highest BCUT2D eigenvalue weighted by Crippen LogP contribution is 2.25. The molecule has 0 aromatic heterocycles. The van der Waals surface area contributed by atoms with Crippen molar-refractivity contribution in [1.82, 2.24) is 9.62 Å². The summed E-state index contributed by atoms with van der Waals surface area (Å²) >= 11 is 0.